The van der Waals surface area contributed by atoms with Crippen molar-refractivity contribution in [3.05, 3.63) is 170 Å². The molecule has 0 fully saturated rings. The topological polar surface area (TPSA) is 78.9 Å². The van der Waals surface area contributed by atoms with Gasteiger partial charge in [0.25, 0.3) is 0 Å². The Kier molecular flexibility index (Phi) is 58.0. The minimum absolute atomic E-state index is 0.116. The van der Waals surface area contributed by atoms with Gasteiger partial charge in [-0.3, -0.25) is 14.4 Å². The number of unbranched alkanes of at least 4 members (excludes halogenated alkanes) is 13. The van der Waals surface area contributed by atoms with Crippen molar-refractivity contribution >= 4 is 17.9 Å². The summed E-state index contributed by atoms with van der Waals surface area (Å²) < 4.78 is 16.8. The fourth-order valence-electron chi connectivity index (χ4n) is 7.52. The van der Waals surface area contributed by atoms with Crippen LogP contribution in [0.25, 0.3) is 0 Å². The average Bonchev–Trinajstić information content (AvgIpc) is 3.42. The van der Waals surface area contributed by atoms with Crippen molar-refractivity contribution in [3.8, 4) is 0 Å². The van der Waals surface area contributed by atoms with Gasteiger partial charge in [-0.2, -0.15) is 0 Å². The molecule has 0 heterocycles. The maximum atomic E-state index is 12.9. The molecular weight excluding hydrogens is 937 g/mol. The summed E-state index contributed by atoms with van der Waals surface area (Å²) in [6, 6.07) is 0. The van der Waals surface area contributed by atoms with Crippen molar-refractivity contribution in [2.45, 2.75) is 239 Å². The van der Waals surface area contributed by atoms with Gasteiger partial charge in [-0.1, -0.05) is 249 Å². The lowest BCUT2D eigenvalue weighted by Crippen LogP contribution is -2.30. The van der Waals surface area contributed by atoms with Gasteiger partial charge in [0.2, 0.25) is 0 Å². The number of allylic oxidation sites excluding steroid dienone is 28. The Morgan fingerprint density at radius 3 is 0.803 bits per heavy atom. The second-order valence-corrected chi connectivity index (χ2v) is 19.1. The van der Waals surface area contributed by atoms with E-state index in [1.165, 1.54) is 44.9 Å². The lowest BCUT2D eigenvalue weighted by molar-refractivity contribution is -0.167. The molecular formula is C70H108O6. The summed E-state index contributed by atoms with van der Waals surface area (Å²) in [5, 5.41) is 0. The molecule has 0 bridgehead atoms. The molecule has 0 saturated heterocycles. The van der Waals surface area contributed by atoms with Crippen LogP contribution < -0.4 is 0 Å². The molecule has 6 heteroatoms. The molecule has 0 aromatic carbocycles. The van der Waals surface area contributed by atoms with Gasteiger partial charge < -0.3 is 14.2 Å². The first-order valence-electron chi connectivity index (χ1n) is 30.1. The van der Waals surface area contributed by atoms with E-state index in [1.807, 2.05) is 0 Å². The van der Waals surface area contributed by atoms with Crippen LogP contribution in [0.15, 0.2) is 170 Å². The van der Waals surface area contributed by atoms with Gasteiger partial charge in [0.05, 0.1) is 0 Å². The summed E-state index contributed by atoms with van der Waals surface area (Å²) in [6.45, 7) is 6.31. The van der Waals surface area contributed by atoms with Crippen molar-refractivity contribution < 1.29 is 28.6 Å². The number of hydrogen-bond acceptors (Lipinski definition) is 6. The Bertz CT molecular complexity index is 1770. The summed E-state index contributed by atoms with van der Waals surface area (Å²) in [7, 11) is 0. The van der Waals surface area contributed by atoms with Crippen LogP contribution in [-0.4, -0.2) is 37.2 Å². The summed E-state index contributed by atoms with van der Waals surface area (Å²) in [5.74, 6) is -1.02. The van der Waals surface area contributed by atoms with E-state index in [2.05, 4.69) is 191 Å². The molecule has 0 amide bonds. The number of ether oxygens (including phenoxy) is 3. The molecule has 1 unspecified atom stereocenters. The number of carbonyl (C=O) groups is 3. The molecule has 0 aliphatic rings. The summed E-state index contributed by atoms with van der Waals surface area (Å²) in [5.41, 5.74) is 0. The van der Waals surface area contributed by atoms with Crippen molar-refractivity contribution in [2.24, 2.45) is 0 Å². The van der Waals surface area contributed by atoms with Crippen molar-refractivity contribution in [1.29, 1.82) is 0 Å². The van der Waals surface area contributed by atoms with Crippen LogP contribution in [0.2, 0.25) is 0 Å². The quantitative estimate of drug-likeness (QED) is 0.0261. The normalized spacial score (nSPS) is 13.4. The molecule has 0 N–H and O–H groups in total. The lowest BCUT2D eigenvalue weighted by atomic mass is 10.1. The van der Waals surface area contributed by atoms with Crippen LogP contribution in [0.3, 0.4) is 0 Å². The second-order valence-electron chi connectivity index (χ2n) is 19.1. The molecule has 0 aromatic heterocycles. The predicted octanol–water partition coefficient (Wildman–Crippen LogP) is 20.7. The zero-order chi connectivity index (χ0) is 55.0. The highest BCUT2D eigenvalue weighted by Crippen LogP contribution is 2.13. The first-order chi connectivity index (χ1) is 37.5. The minimum Gasteiger partial charge on any atom is -0.462 e. The van der Waals surface area contributed by atoms with Crippen LogP contribution in [0.1, 0.15) is 233 Å². The van der Waals surface area contributed by atoms with E-state index in [0.717, 1.165) is 135 Å². The summed E-state index contributed by atoms with van der Waals surface area (Å²) in [4.78, 5) is 38.1. The standard InChI is InChI=1S/C70H108O6/c1-4-7-10-13-16-19-22-24-26-28-30-32-33-34-35-36-37-39-40-42-44-46-48-51-54-57-60-63-69(72)75-66-67(65-74-68(71)62-59-56-53-50-21-18-15-12-9-6-3)76-70(73)64-61-58-55-52-49-47-45-43-41-38-31-29-27-25-23-20-17-14-11-8-5-2/h7-8,10-11,16-17,19-20,24-27,30-32,34-35,37-39,42-45,48-49,51-52,67H,4-6,9,12-15,18,21-23,28-29,33,36,40-41,46-47,50,53-66H2,1-3H3/b10-7-,11-8-,19-16-,20-17-,26-24-,27-25-,32-30-,35-34-,38-31-,39-37-,44-42-,45-43-,51-48-,52-49-. The summed E-state index contributed by atoms with van der Waals surface area (Å²) >= 11 is 0. The number of rotatable bonds is 52. The molecule has 0 aliphatic carbocycles. The van der Waals surface area contributed by atoms with Crippen LogP contribution in [0, 0.1) is 0 Å². The first-order valence-corrected chi connectivity index (χ1v) is 30.1. The highest BCUT2D eigenvalue weighted by atomic mass is 16.6. The highest BCUT2D eigenvalue weighted by molar-refractivity contribution is 5.71. The molecule has 76 heavy (non-hydrogen) atoms. The fourth-order valence-corrected chi connectivity index (χ4v) is 7.52. The van der Waals surface area contributed by atoms with Crippen LogP contribution in [0.4, 0.5) is 0 Å². The number of hydrogen-bond donors (Lipinski definition) is 0. The van der Waals surface area contributed by atoms with Crippen LogP contribution in [-0.2, 0) is 28.6 Å². The average molecular weight is 1050 g/mol. The maximum absolute atomic E-state index is 12.9. The van der Waals surface area contributed by atoms with E-state index in [4.69, 9.17) is 14.2 Å². The van der Waals surface area contributed by atoms with Crippen LogP contribution in [0.5, 0.6) is 0 Å². The monoisotopic (exact) mass is 1040 g/mol. The SMILES string of the molecule is CC/C=C\C/C=C\C/C=C\C/C=C\C/C=C\C/C=C\C/C=C\C/C=C\CCCCC(=O)OCC(COC(=O)CCCCCCCCCCCC)OC(=O)CCCC/C=C\C/C=C\C/C=C\C/C=C\C/C=C\C/C=C\CC. The van der Waals surface area contributed by atoms with Crippen molar-refractivity contribution in [3.63, 3.8) is 0 Å². The van der Waals surface area contributed by atoms with E-state index in [1.54, 1.807) is 0 Å². The Hall–Kier alpha value is -5.23. The molecule has 0 saturated carbocycles. The molecule has 1 atom stereocenters. The van der Waals surface area contributed by atoms with Crippen LogP contribution >= 0.6 is 0 Å². The van der Waals surface area contributed by atoms with Gasteiger partial charge in [0, 0.05) is 19.3 Å². The van der Waals surface area contributed by atoms with E-state index >= 15 is 0 Å². The highest BCUT2D eigenvalue weighted by Gasteiger charge is 2.19. The number of esters is 3. The van der Waals surface area contributed by atoms with Gasteiger partial charge in [-0.25, -0.2) is 0 Å². The van der Waals surface area contributed by atoms with E-state index < -0.39 is 6.10 Å². The fraction of sp³-hybridized carbons (Fsp3) is 0.557. The van der Waals surface area contributed by atoms with Gasteiger partial charge in [0.1, 0.15) is 13.2 Å². The zero-order valence-corrected chi connectivity index (χ0v) is 48.4. The van der Waals surface area contributed by atoms with Crippen molar-refractivity contribution in [2.75, 3.05) is 13.2 Å². The van der Waals surface area contributed by atoms with E-state index in [-0.39, 0.29) is 44.0 Å². The number of carbonyl (C=O) groups excluding carboxylic acids is 3. The van der Waals surface area contributed by atoms with Gasteiger partial charge in [0.15, 0.2) is 6.10 Å². The Morgan fingerprint density at radius 2 is 0.513 bits per heavy atom. The third kappa shape index (κ3) is 59.6. The zero-order valence-electron chi connectivity index (χ0n) is 48.4. The van der Waals surface area contributed by atoms with E-state index in [0.29, 0.717) is 19.3 Å². The van der Waals surface area contributed by atoms with Gasteiger partial charge >= 0.3 is 17.9 Å². The maximum Gasteiger partial charge on any atom is 0.306 e. The molecule has 6 nitrogen and oxygen atoms in total. The second kappa shape index (κ2) is 62.3. The van der Waals surface area contributed by atoms with Gasteiger partial charge in [-0.15, -0.1) is 0 Å². The smallest absolute Gasteiger partial charge is 0.306 e. The predicted molar refractivity (Wildman–Crippen MR) is 329 cm³/mol. The van der Waals surface area contributed by atoms with E-state index in [9.17, 15) is 14.4 Å². The molecule has 0 spiro atoms. The first kappa shape index (κ1) is 70.8. The van der Waals surface area contributed by atoms with Gasteiger partial charge in [-0.05, 0) is 135 Å². The summed E-state index contributed by atoms with van der Waals surface area (Å²) in [6.07, 6.45) is 92.1. The molecule has 0 rings (SSSR count). The lowest BCUT2D eigenvalue weighted by Gasteiger charge is -2.18. The third-order valence-corrected chi connectivity index (χ3v) is 12.0. The molecule has 0 radical (unpaired) electrons. The minimum atomic E-state index is -0.827. The molecule has 424 valence electrons. The van der Waals surface area contributed by atoms with Crippen molar-refractivity contribution in [1.82, 2.24) is 0 Å². The third-order valence-electron chi connectivity index (χ3n) is 12.0. The Balaban J connectivity index is 4.49. The molecule has 0 aromatic rings. The molecule has 0 aliphatic heterocycles. The Morgan fingerprint density at radius 1 is 0.276 bits per heavy atom. The largest absolute Gasteiger partial charge is 0.462 e. The Labute approximate surface area is 466 Å².